The molecule has 1 atom stereocenters. The van der Waals surface area contributed by atoms with E-state index in [9.17, 15) is 4.79 Å². The molecule has 2 rings (SSSR count). The summed E-state index contributed by atoms with van der Waals surface area (Å²) in [7, 11) is 0. The number of aromatic nitrogens is 2. The van der Waals surface area contributed by atoms with E-state index in [4.69, 9.17) is 0 Å². The molecular weight excluding hydrogens is 264 g/mol. The quantitative estimate of drug-likeness (QED) is 0.812. The summed E-state index contributed by atoms with van der Waals surface area (Å²) in [6.45, 7) is 9.86. The standard InChI is InChI=1S/C16H28N4O/c1-12-13(2)19-20(14(12)3)11-5-9-18-16(21)15-6-4-8-17-10-7-15/h15,17H,4-11H2,1-3H3,(H,18,21)/t15-/m1/s1. The van der Waals surface area contributed by atoms with Crippen molar-refractivity contribution in [3.8, 4) is 0 Å². The first kappa shape index (κ1) is 16.0. The second-order valence-electron chi connectivity index (χ2n) is 6.04. The van der Waals surface area contributed by atoms with Crippen molar-refractivity contribution in [1.82, 2.24) is 20.4 Å². The Morgan fingerprint density at radius 2 is 2.14 bits per heavy atom. The zero-order chi connectivity index (χ0) is 15.2. The van der Waals surface area contributed by atoms with Crippen molar-refractivity contribution in [2.24, 2.45) is 5.92 Å². The van der Waals surface area contributed by atoms with Crippen molar-refractivity contribution < 1.29 is 4.79 Å². The predicted octanol–water partition coefficient (Wildman–Crippen LogP) is 1.70. The summed E-state index contributed by atoms with van der Waals surface area (Å²) in [5, 5.41) is 11.0. The molecule has 0 unspecified atom stereocenters. The van der Waals surface area contributed by atoms with Crippen LogP contribution in [-0.2, 0) is 11.3 Å². The van der Waals surface area contributed by atoms with Crippen LogP contribution in [0.15, 0.2) is 0 Å². The van der Waals surface area contributed by atoms with Gasteiger partial charge in [-0.1, -0.05) is 0 Å². The number of carbonyl (C=O) groups is 1. The lowest BCUT2D eigenvalue weighted by Gasteiger charge is -2.14. The maximum atomic E-state index is 12.1. The van der Waals surface area contributed by atoms with Gasteiger partial charge in [0.15, 0.2) is 0 Å². The lowest BCUT2D eigenvalue weighted by atomic mass is 10.00. The fourth-order valence-electron chi connectivity index (χ4n) is 2.87. The number of hydrogen-bond acceptors (Lipinski definition) is 3. The summed E-state index contributed by atoms with van der Waals surface area (Å²) in [5.41, 5.74) is 3.60. The van der Waals surface area contributed by atoms with Crippen molar-refractivity contribution in [3.63, 3.8) is 0 Å². The fourth-order valence-corrected chi connectivity index (χ4v) is 2.87. The molecule has 0 spiro atoms. The highest BCUT2D eigenvalue weighted by atomic mass is 16.1. The maximum Gasteiger partial charge on any atom is 0.223 e. The molecule has 1 aromatic rings. The monoisotopic (exact) mass is 292 g/mol. The molecule has 2 heterocycles. The van der Waals surface area contributed by atoms with Gasteiger partial charge in [-0.25, -0.2) is 0 Å². The van der Waals surface area contributed by atoms with Gasteiger partial charge in [-0.05, 0) is 65.1 Å². The highest BCUT2D eigenvalue weighted by molar-refractivity contribution is 5.78. The van der Waals surface area contributed by atoms with Gasteiger partial charge in [0.25, 0.3) is 0 Å². The van der Waals surface area contributed by atoms with Crippen LogP contribution in [0.5, 0.6) is 0 Å². The van der Waals surface area contributed by atoms with Crippen LogP contribution in [0.2, 0.25) is 0 Å². The van der Waals surface area contributed by atoms with Gasteiger partial charge in [0.2, 0.25) is 5.91 Å². The first-order valence-corrected chi connectivity index (χ1v) is 8.08. The van der Waals surface area contributed by atoms with Gasteiger partial charge in [-0.3, -0.25) is 9.48 Å². The van der Waals surface area contributed by atoms with E-state index in [2.05, 4.69) is 29.6 Å². The number of amides is 1. The number of rotatable bonds is 5. The molecule has 0 aromatic carbocycles. The van der Waals surface area contributed by atoms with Crippen LogP contribution < -0.4 is 10.6 Å². The van der Waals surface area contributed by atoms with Crippen molar-refractivity contribution in [3.05, 3.63) is 17.0 Å². The molecule has 5 nitrogen and oxygen atoms in total. The van der Waals surface area contributed by atoms with Gasteiger partial charge in [-0.15, -0.1) is 0 Å². The molecule has 1 aliphatic rings. The van der Waals surface area contributed by atoms with Crippen LogP contribution in [0.25, 0.3) is 0 Å². The lowest BCUT2D eigenvalue weighted by Crippen LogP contribution is -2.32. The summed E-state index contributed by atoms with van der Waals surface area (Å²) in [4.78, 5) is 12.1. The zero-order valence-electron chi connectivity index (χ0n) is 13.5. The van der Waals surface area contributed by atoms with Gasteiger partial charge in [0.05, 0.1) is 5.69 Å². The molecule has 2 N–H and O–H groups in total. The van der Waals surface area contributed by atoms with Gasteiger partial charge in [0.1, 0.15) is 0 Å². The third-order valence-corrected chi connectivity index (χ3v) is 4.54. The highest BCUT2D eigenvalue weighted by Crippen LogP contribution is 2.14. The molecule has 118 valence electrons. The second kappa shape index (κ2) is 7.59. The van der Waals surface area contributed by atoms with Crippen molar-refractivity contribution >= 4 is 5.91 Å². The molecule has 0 bridgehead atoms. The van der Waals surface area contributed by atoms with Crippen LogP contribution in [0.4, 0.5) is 0 Å². The number of nitrogens with one attached hydrogen (secondary N) is 2. The molecular formula is C16H28N4O. The molecule has 0 saturated carbocycles. The Bertz CT molecular complexity index is 473. The summed E-state index contributed by atoms with van der Waals surface area (Å²) in [6.07, 6.45) is 4.00. The van der Waals surface area contributed by atoms with Crippen LogP contribution >= 0.6 is 0 Å². The normalized spacial score (nSPS) is 19.3. The van der Waals surface area contributed by atoms with E-state index in [-0.39, 0.29) is 11.8 Å². The van der Waals surface area contributed by atoms with E-state index in [0.717, 1.165) is 57.6 Å². The van der Waals surface area contributed by atoms with Gasteiger partial charge >= 0.3 is 0 Å². The SMILES string of the molecule is Cc1nn(CCCNC(=O)[C@@H]2CCCNCC2)c(C)c1C. The molecule has 1 fully saturated rings. The van der Waals surface area contributed by atoms with Crippen molar-refractivity contribution in [2.75, 3.05) is 19.6 Å². The average molecular weight is 292 g/mol. The number of aryl methyl sites for hydroxylation is 2. The first-order valence-electron chi connectivity index (χ1n) is 8.08. The molecule has 0 aliphatic carbocycles. The molecule has 5 heteroatoms. The van der Waals surface area contributed by atoms with Crippen LogP contribution in [0, 0.1) is 26.7 Å². The first-order chi connectivity index (χ1) is 10.1. The van der Waals surface area contributed by atoms with Crippen LogP contribution in [0.3, 0.4) is 0 Å². The molecule has 1 saturated heterocycles. The zero-order valence-corrected chi connectivity index (χ0v) is 13.5. The molecule has 1 amide bonds. The van der Waals surface area contributed by atoms with E-state index >= 15 is 0 Å². The molecule has 1 aromatic heterocycles. The Hall–Kier alpha value is -1.36. The Labute approximate surface area is 127 Å². The van der Waals surface area contributed by atoms with E-state index in [0.29, 0.717) is 0 Å². The van der Waals surface area contributed by atoms with Gasteiger partial charge in [0, 0.05) is 24.7 Å². The second-order valence-corrected chi connectivity index (χ2v) is 6.04. The molecule has 21 heavy (non-hydrogen) atoms. The van der Waals surface area contributed by atoms with Crippen molar-refractivity contribution in [1.29, 1.82) is 0 Å². The van der Waals surface area contributed by atoms with E-state index in [1.807, 2.05) is 11.6 Å². The average Bonchev–Trinajstić information content (AvgIpc) is 2.71. The van der Waals surface area contributed by atoms with Gasteiger partial charge < -0.3 is 10.6 Å². The minimum Gasteiger partial charge on any atom is -0.356 e. The van der Waals surface area contributed by atoms with Crippen LogP contribution in [0.1, 0.15) is 42.6 Å². The Morgan fingerprint density at radius 1 is 1.33 bits per heavy atom. The van der Waals surface area contributed by atoms with E-state index in [1.54, 1.807) is 0 Å². The summed E-state index contributed by atoms with van der Waals surface area (Å²) < 4.78 is 2.05. The minimum absolute atomic E-state index is 0.191. The molecule has 1 aliphatic heterocycles. The summed E-state index contributed by atoms with van der Waals surface area (Å²) in [5.74, 6) is 0.416. The lowest BCUT2D eigenvalue weighted by molar-refractivity contribution is -0.125. The van der Waals surface area contributed by atoms with E-state index in [1.165, 1.54) is 11.3 Å². The molecule has 0 radical (unpaired) electrons. The van der Waals surface area contributed by atoms with Crippen molar-refractivity contribution in [2.45, 2.75) is 53.0 Å². The largest absolute Gasteiger partial charge is 0.356 e. The third-order valence-electron chi connectivity index (χ3n) is 4.54. The predicted molar refractivity (Wildman–Crippen MR) is 84.3 cm³/mol. The van der Waals surface area contributed by atoms with E-state index < -0.39 is 0 Å². The number of hydrogen-bond donors (Lipinski definition) is 2. The Kier molecular flexibility index (Phi) is 5.79. The summed E-state index contributed by atoms with van der Waals surface area (Å²) >= 11 is 0. The fraction of sp³-hybridized carbons (Fsp3) is 0.750. The maximum absolute atomic E-state index is 12.1. The van der Waals surface area contributed by atoms with Crippen LogP contribution in [-0.4, -0.2) is 35.3 Å². The third kappa shape index (κ3) is 4.30. The number of carbonyl (C=O) groups excluding carboxylic acids is 1. The number of nitrogens with zero attached hydrogens (tertiary/aromatic N) is 2. The van der Waals surface area contributed by atoms with Gasteiger partial charge in [-0.2, -0.15) is 5.10 Å². The minimum atomic E-state index is 0.191. The Balaban J connectivity index is 1.71. The summed E-state index contributed by atoms with van der Waals surface area (Å²) in [6, 6.07) is 0. The Morgan fingerprint density at radius 3 is 2.86 bits per heavy atom. The smallest absolute Gasteiger partial charge is 0.223 e. The topological polar surface area (TPSA) is 59.0 Å². The highest BCUT2D eigenvalue weighted by Gasteiger charge is 2.19.